The maximum absolute atomic E-state index is 12.1. The minimum absolute atomic E-state index is 0.0146. The smallest absolute Gasteiger partial charge is 0.369 e. The first-order valence-corrected chi connectivity index (χ1v) is 10.4. The van der Waals surface area contributed by atoms with E-state index in [2.05, 4.69) is 91.0 Å². The molecule has 0 bridgehead atoms. The fourth-order valence-electron chi connectivity index (χ4n) is 2.51. The Morgan fingerprint density at radius 2 is 0.903 bits per heavy atom. The van der Waals surface area contributed by atoms with Gasteiger partial charge in [-0.25, -0.2) is 8.78 Å². The van der Waals surface area contributed by atoms with Crippen LogP contribution in [0, 0.1) is 0 Å². The molecular weight excluding hydrogens is 436 g/mol. The number of halogens is 6. The van der Waals surface area contributed by atoms with E-state index in [1.165, 1.54) is 14.7 Å². The number of alkyl halides is 6. The van der Waals surface area contributed by atoms with Crippen molar-refractivity contribution in [2.24, 2.45) is 0 Å². The van der Waals surface area contributed by atoms with Crippen LogP contribution in [0.4, 0.5) is 26.3 Å². The monoisotopic (exact) mass is 457 g/mol. The molecule has 8 heteroatoms. The average Bonchev–Trinajstić information content (AvgIpc) is 2.76. The van der Waals surface area contributed by atoms with Crippen LogP contribution in [-0.4, -0.2) is 24.3 Å². The second kappa shape index (κ2) is 10.2. The third-order valence-corrected chi connectivity index (χ3v) is 6.40. The highest BCUT2D eigenvalue weighted by Gasteiger charge is 2.66. The Morgan fingerprint density at radius 3 is 1.10 bits per heavy atom. The molecule has 0 unspecified atom stereocenters. The summed E-state index contributed by atoms with van der Waals surface area (Å²) in [5, 5.41) is 0. The van der Waals surface area contributed by atoms with Crippen LogP contribution < -0.4 is 0 Å². The Kier molecular flexibility index (Phi) is 8.20. The molecule has 166 valence electrons. The second-order valence-corrected chi connectivity index (χ2v) is 8.62. The first-order chi connectivity index (χ1) is 14.5. The van der Waals surface area contributed by atoms with Crippen LogP contribution in [0.3, 0.4) is 0 Å². The third-order valence-electron chi connectivity index (χ3n) is 4.17. The van der Waals surface area contributed by atoms with E-state index in [1.807, 2.05) is 0 Å². The van der Waals surface area contributed by atoms with E-state index in [0.717, 1.165) is 0 Å². The standard InChI is InChI=1S/C18H15S.C5H6F6N/c1-4-10-16(11-5-1)19(17-12-6-2-7-13-17)18-14-8-3-9-15-18;1-3(6,7)5(10,11)4(8,9)2-12/h1-15H;12H,2H2,1H3/q+1;-1. The molecule has 3 aromatic rings. The molecule has 1 N–H and O–H groups in total. The summed E-state index contributed by atoms with van der Waals surface area (Å²) in [6.07, 6.45) is 0. The van der Waals surface area contributed by atoms with Gasteiger partial charge in [0.25, 0.3) is 5.92 Å². The van der Waals surface area contributed by atoms with Gasteiger partial charge in [0, 0.05) is 6.92 Å². The predicted octanol–water partition coefficient (Wildman–Crippen LogP) is 7.75. The van der Waals surface area contributed by atoms with E-state index in [4.69, 9.17) is 5.73 Å². The molecule has 0 aromatic heterocycles. The van der Waals surface area contributed by atoms with E-state index >= 15 is 0 Å². The molecule has 0 saturated carbocycles. The van der Waals surface area contributed by atoms with Gasteiger partial charge in [0.2, 0.25) is 0 Å². The van der Waals surface area contributed by atoms with Gasteiger partial charge >= 0.3 is 11.8 Å². The van der Waals surface area contributed by atoms with Crippen LogP contribution in [0.25, 0.3) is 5.73 Å². The van der Waals surface area contributed by atoms with Crippen molar-refractivity contribution in [1.82, 2.24) is 0 Å². The summed E-state index contributed by atoms with van der Waals surface area (Å²) in [5.74, 6) is -15.3. The molecule has 0 atom stereocenters. The summed E-state index contributed by atoms with van der Waals surface area (Å²) in [7, 11) is -0.0146. The molecule has 0 aliphatic heterocycles. The lowest BCUT2D eigenvalue weighted by Gasteiger charge is -2.32. The highest BCUT2D eigenvalue weighted by Crippen LogP contribution is 2.45. The molecule has 0 aliphatic carbocycles. The van der Waals surface area contributed by atoms with Gasteiger partial charge in [0.05, 0.1) is 10.9 Å². The molecular formula is C23H21F6NS. The molecule has 0 radical (unpaired) electrons. The van der Waals surface area contributed by atoms with E-state index in [9.17, 15) is 26.3 Å². The first-order valence-electron chi connectivity index (χ1n) is 9.19. The molecule has 1 nitrogen and oxygen atoms in total. The van der Waals surface area contributed by atoms with Crippen LogP contribution in [0.5, 0.6) is 0 Å². The largest absolute Gasteiger partial charge is 0.672 e. The fourth-order valence-corrected chi connectivity index (χ4v) is 4.61. The van der Waals surface area contributed by atoms with E-state index in [-0.39, 0.29) is 17.8 Å². The molecule has 3 rings (SSSR count). The van der Waals surface area contributed by atoms with Gasteiger partial charge in [-0.15, -0.1) is 0 Å². The molecule has 0 spiro atoms. The van der Waals surface area contributed by atoms with E-state index in [1.54, 1.807) is 0 Å². The van der Waals surface area contributed by atoms with Crippen LogP contribution in [-0.2, 0) is 10.9 Å². The van der Waals surface area contributed by atoms with Crippen molar-refractivity contribution < 1.29 is 26.3 Å². The highest BCUT2D eigenvalue weighted by atomic mass is 32.2. The summed E-state index contributed by atoms with van der Waals surface area (Å²) >= 11 is 0. The van der Waals surface area contributed by atoms with Gasteiger partial charge in [-0.1, -0.05) is 61.1 Å². The number of benzene rings is 3. The van der Waals surface area contributed by atoms with E-state index < -0.39 is 24.3 Å². The first kappa shape index (κ1) is 24.8. The SMILES string of the molecule is CC(F)(F)C(F)(F)C(F)(F)C[NH-].c1ccc([S+](c2ccccc2)c2ccccc2)cc1. The number of nitrogens with one attached hydrogen (secondary N) is 1. The Bertz CT molecular complexity index is 821. The molecule has 3 aromatic carbocycles. The van der Waals surface area contributed by atoms with Crippen molar-refractivity contribution in [2.45, 2.75) is 39.4 Å². The van der Waals surface area contributed by atoms with Crippen LogP contribution in [0.1, 0.15) is 6.92 Å². The number of hydrogen-bond acceptors (Lipinski definition) is 0. The molecule has 0 heterocycles. The van der Waals surface area contributed by atoms with Gasteiger partial charge in [-0.2, -0.15) is 17.6 Å². The van der Waals surface area contributed by atoms with Crippen molar-refractivity contribution in [3.63, 3.8) is 0 Å². The highest BCUT2D eigenvalue weighted by molar-refractivity contribution is 7.97. The van der Waals surface area contributed by atoms with Crippen molar-refractivity contribution in [3.8, 4) is 0 Å². The number of rotatable bonds is 6. The van der Waals surface area contributed by atoms with Gasteiger partial charge in [0.1, 0.15) is 0 Å². The topological polar surface area (TPSA) is 23.8 Å². The van der Waals surface area contributed by atoms with Gasteiger partial charge in [0.15, 0.2) is 14.7 Å². The Labute approximate surface area is 180 Å². The Morgan fingerprint density at radius 1 is 0.613 bits per heavy atom. The van der Waals surface area contributed by atoms with E-state index in [0.29, 0.717) is 0 Å². The maximum Gasteiger partial charge on any atom is 0.369 e. The van der Waals surface area contributed by atoms with Gasteiger partial charge in [-0.3, -0.25) is 0 Å². The Balaban J connectivity index is 0.000000248. The summed E-state index contributed by atoms with van der Waals surface area (Å²) in [4.78, 5) is 4.08. The zero-order valence-electron chi connectivity index (χ0n) is 16.5. The zero-order valence-corrected chi connectivity index (χ0v) is 17.4. The minimum Gasteiger partial charge on any atom is -0.672 e. The molecule has 0 fully saturated rings. The van der Waals surface area contributed by atoms with Gasteiger partial charge < -0.3 is 5.73 Å². The molecule has 0 amide bonds. The summed E-state index contributed by atoms with van der Waals surface area (Å²) in [6.45, 7) is -2.38. The summed E-state index contributed by atoms with van der Waals surface area (Å²) in [5.41, 5.74) is 5.98. The minimum atomic E-state index is -5.47. The molecule has 0 saturated heterocycles. The lowest BCUT2D eigenvalue weighted by atomic mass is 10.1. The molecule has 31 heavy (non-hydrogen) atoms. The lowest BCUT2D eigenvalue weighted by Crippen LogP contribution is -2.53. The van der Waals surface area contributed by atoms with Crippen LogP contribution in [0.15, 0.2) is 106 Å². The quantitative estimate of drug-likeness (QED) is 0.267. The third kappa shape index (κ3) is 6.04. The fraction of sp³-hybridized carbons (Fsp3) is 0.217. The van der Waals surface area contributed by atoms with Crippen LogP contribution in [0.2, 0.25) is 0 Å². The van der Waals surface area contributed by atoms with Crippen molar-refractivity contribution in [1.29, 1.82) is 0 Å². The zero-order chi connectivity index (χ0) is 23.1. The predicted molar refractivity (Wildman–Crippen MR) is 111 cm³/mol. The molecule has 0 aliphatic rings. The lowest BCUT2D eigenvalue weighted by molar-refractivity contribution is -0.296. The Hall–Kier alpha value is -2.45. The van der Waals surface area contributed by atoms with Crippen molar-refractivity contribution in [2.75, 3.05) is 6.54 Å². The average molecular weight is 457 g/mol. The second-order valence-electron chi connectivity index (χ2n) is 6.59. The number of hydrogen-bond donors (Lipinski definition) is 0. The summed E-state index contributed by atoms with van der Waals surface area (Å²) in [6, 6.07) is 32.2. The normalized spacial score (nSPS) is 12.3. The van der Waals surface area contributed by atoms with Crippen molar-refractivity contribution >= 4 is 10.9 Å². The maximum atomic E-state index is 12.1. The van der Waals surface area contributed by atoms with Gasteiger partial charge in [-0.05, 0) is 36.4 Å². The van der Waals surface area contributed by atoms with Crippen LogP contribution >= 0.6 is 0 Å². The summed E-state index contributed by atoms with van der Waals surface area (Å²) < 4.78 is 71.9. The van der Waals surface area contributed by atoms with Crippen molar-refractivity contribution in [3.05, 3.63) is 96.7 Å².